The average molecular weight is 520 g/mol. The van der Waals surface area contributed by atoms with Crippen molar-refractivity contribution in [3.05, 3.63) is 54.1 Å². The van der Waals surface area contributed by atoms with Crippen LogP contribution in [0.4, 0.5) is 5.69 Å². The van der Waals surface area contributed by atoms with Crippen molar-refractivity contribution in [3.8, 4) is 5.75 Å². The van der Waals surface area contributed by atoms with E-state index >= 15 is 0 Å². The number of sulfonamides is 1. The molecule has 0 aliphatic heterocycles. The van der Waals surface area contributed by atoms with Gasteiger partial charge < -0.3 is 20.9 Å². The van der Waals surface area contributed by atoms with Crippen molar-refractivity contribution in [2.75, 3.05) is 25.9 Å². The number of rotatable bonds is 15. The highest BCUT2D eigenvalue weighted by atomic mass is 32.2. The van der Waals surface area contributed by atoms with E-state index in [1.165, 1.54) is 24.3 Å². The number of carboxylic acid groups (broad SMARTS) is 1. The first-order valence-corrected chi connectivity index (χ1v) is 13.5. The molecule has 0 radical (unpaired) electrons. The molecule has 10 heteroatoms. The Morgan fingerprint density at radius 2 is 1.69 bits per heavy atom. The number of carboxylic acids is 1. The van der Waals surface area contributed by atoms with E-state index < -0.39 is 22.0 Å². The third kappa shape index (κ3) is 8.83. The lowest BCUT2D eigenvalue weighted by Gasteiger charge is -2.29. The molecule has 1 amide bonds. The number of unbranched alkanes of at least 4 members (excludes halogenated alkanes) is 1. The molecule has 0 spiro atoms. The number of anilines is 1. The third-order valence-electron chi connectivity index (χ3n) is 5.69. The number of aliphatic carboxylic acids is 1. The van der Waals surface area contributed by atoms with Gasteiger partial charge >= 0.3 is 5.97 Å². The molecule has 198 valence electrons. The number of carbonyl (C=O) groups is 2. The number of nitrogen functional groups attached to an aromatic ring is 1. The number of hydrogen-bond acceptors (Lipinski definition) is 6. The SMILES string of the molecule is COc1ccc(CCC(=O)NCCCC[C@@H](C(=O)O)N(CC(C)C)S(=O)(=O)c2ccc(N)cc2)cc1. The fourth-order valence-electron chi connectivity index (χ4n) is 3.75. The van der Waals surface area contributed by atoms with Gasteiger partial charge in [0.2, 0.25) is 15.9 Å². The Labute approximate surface area is 213 Å². The van der Waals surface area contributed by atoms with Gasteiger partial charge in [-0.3, -0.25) is 9.59 Å². The molecule has 0 aliphatic carbocycles. The van der Waals surface area contributed by atoms with Gasteiger partial charge in [0, 0.05) is 25.2 Å². The van der Waals surface area contributed by atoms with Gasteiger partial charge in [-0.05, 0) is 73.6 Å². The maximum atomic E-state index is 13.3. The van der Waals surface area contributed by atoms with Crippen LogP contribution in [-0.2, 0) is 26.0 Å². The fourth-order valence-corrected chi connectivity index (χ4v) is 5.52. The Morgan fingerprint density at radius 3 is 2.25 bits per heavy atom. The quantitative estimate of drug-likeness (QED) is 0.242. The maximum Gasteiger partial charge on any atom is 0.322 e. The van der Waals surface area contributed by atoms with Crippen LogP contribution in [0.2, 0.25) is 0 Å². The lowest BCUT2D eigenvalue weighted by molar-refractivity contribution is -0.142. The minimum atomic E-state index is -4.03. The molecule has 2 aromatic rings. The van der Waals surface area contributed by atoms with Gasteiger partial charge in [0.15, 0.2) is 0 Å². The van der Waals surface area contributed by atoms with Crippen molar-refractivity contribution in [1.29, 1.82) is 0 Å². The molecule has 0 heterocycles. The second-order valence-electron chi connectivity index (χ2n) is 9.09. The average Bonchev–Trinajstić information content (AvgIpc) is 2.84. The van der Waals surface area contributed by atoms with Crippen LogP contribution in [0.1, 0.15) is 45.1 Å². The van der Waals surface area contributed by atoms with Crippen LogP contribution in [0.3, 0.4) is 0 Å². The van der Waals surface area contributed by atoms with Crippen molar-refractivity contribution >= 4 is 27.6 Å². The Balaban J connectivity index is 1.90. The van der Waals surface area contributed by atoms with E-state index in [-0.39, 0.29) is 29.7 Å². The highest BCUT2D eigenvalue weighted by molar-refractivity contribution is 7.89. The second-order valence-corrected chi connectivity index (χ2v) is 11.0. The molecule has 4 N–H and O–H groups in total. The van der Waals surface area contributed by atoms with E-state index in [9.17, 15) is 23.1 Å². The zero-order chi connectivity index (χ0) is 26.7. The van der Waals surface area contributed by atoms with Crippen LogP contribution in [0.25, 0.3) is 0 Å². The number of hydrogen-bond donors (Lipinski definition) is 3. The fraction of sp³-hybridized carbons (Fsp3) is 0.462. The molecule has 36 heavy (non-hydrogen) atoms. The lowest BCUT2D eigenvalue weighted by Crippen LogP contribution is -2.46. The van der Waals surface area contributed by atoms with Crippen LogP contribution >= 0.6 is 0 Å². The van der Waals surface area contributed by atoms with Crippen molar-refractivity contribution in [1.82, 2.24) is 9.62 Å². The van der Waals surface area contributed by atoms with Gasteiger partial charge in [-0.1, -0.05) is 26.0 Å². The summed E-state index contributed by atoms with van der Waals surface area (Å²) in [6.07, 6.45) is 2.06. The predicted octanol–water partition coefficient (Wildman–Crippen LogP) is 3.30. The van der Waals surface area contributed by atoms with Gasteiger partial charge in [-0.15, -0.1) is 0 Å². The van der Waals surface area contributed by atoms with Gasteiger partial charge in [0.1, 0.15) is 11.8 Å². The van der Waals surface area contributed by atoms with Gasteiger partial charge in [0.25, 0.3) is 0 Å². The van der Waals surface area contributed by atoms with E-state index in [1.807, 2.05) is 38.1 Å². The van der Waals surface area contributed by atoms with Gasteiger partial charge in [-0.25, -0.2) is 8.42 Å². The first-order valence-electron chi connectivity index (χ1n) is 12.0. The number of benzene rings is 2. The van der Waals surface area contributed by atoms with E-state index in [1.54, 1.807) is 7.11 Å². The Bertz CT molecular complexity index is 1090. The minimum absolute atomic E-state index is 0.00715. The van der Waals surface area contributed by atoms with E-state index in [4.69, 9.17) is 10.5 Å². The molecule has 2 rings (SSSR count). The minimum Gasteiger partial charge on any atom is -0.497 e. The van der Waals surface area contributed by atoms with Crippen molar-refractivity contribution < 1.29 is 27.9 Å². The molecule has 0 saturated carbocycles. The summed E-state index contributed by atoms with van der Waals surface area (Å²) < 4.78 is 32.8. The first kappa shape index (κ1) is 29.1. The molecule has 0 aromatic heterocycles. The number of amides is 1. The molecule has 0 saturated heterocycles. The topological polar surface area (TPSA) is 139 Å². The summed E-state index contributed by atoms with van der Waals surface area (Å²) in [5.41, 5.74) is 7.12. The predicted molar refractivity (Wildman–Crippen MR) is 139 cm³/mol. The van der Waals surface area contributed by atoms with Crippen LogP contribution in [0.5, 0.6) is 5.75 Å². The Morgan fingerprint density at radius 1 is 1.06 bits per heavy atom. The normalized spacial score (nSPS) is 12.5. The van der Waals surface area contributed by atoms with Crippen LogP contribution in [0.15, 0.2) is 53.4 Å². The van der Waals surface area contributed by atoms with Gasteiger partial charge in [-0.2, -0.15) is 4.31 Å². The number of aryl methyl sites for hydroxylation is 1. The van der Waals surface area contributed by atoms with Crippen molar-refractivity contribution in [2.24, 2.45) is 5.92 Å². The second kappa shape index (κ2) is 13.8. The zero-order valence-corrected chi connectivity index (χ0v) is 22.0. The highest BCUT2D eigenvalue weighted by Crippen LogP contribution is 2.23. The summed E-state index contributed by atoms with van der Waals surface area (Å²) in [7, 11) is -2.43. The summed E-state index contributed by atoms with van der Waals surface area (Å²) in [4.78, 5) is 24.3. The van der Waals surface area contributed by atoms with Gasteiger partial charge in [0.05, 0.1) is 12.0 Å². The number of carbonyl (C=O) groups excluding carboxylic acids is 1. The lowest BCUT2D eigenvalue weighted by atomic mass is 10.1. The molecule has 2 aromatic carbocycles. The number of nitrogens with one attached hydrogen (secondary N) is 1. The first-order chi connectivity index (χ1) is 17.0. The molecule has 1 atom stereocenters. The number of nitrogens with two attached hydrogens (primary N) is 1. The Hall–Kier alpha value is -3.11. The van der Waals surface area contributed by atoms with E-state index in [0.717, 1.165) is 15.6 Å². The molecule has 9 nitrogen and oxygen atoms in total. The van der Waals surface area contributed by atoms with Crippen LogP contribution in [0, 0.1) is 5.92 Å². The summed E-state index contributed by atoms with van der Waals surface area (Å²) >= 11 is 0. The standard InChI is InChI=1S/C26H37N3O6S/c1-19(2)18-29(36(33,34)23-14-10-21(27)11-15-23)24(26(31)32)6-4-5-17-28-25(30)16-9-20-7-12-22(35-3)13-8-20/h7-8,10-15,19,24H,4-6,9,16-18,27H2,1-3H3,(H,28,30)(H,31,32)/t24-/m0/s1. The summed E-state index contributed by atoms with van der Waals surface area (Å²) in [5.74, 6) is -0.595. The molecule has 0 fully saturated rings. The highest BCUT2D eigenvalue weighted by Gasteiger charge is 2.35. The molecule has 0 aliphatic rings. The van der Waals surface area contributed by atoms with E-state index in [0.29, 0.717) is 37.9 Å². The van der Waals surface area contributed by atoms with E-state index in [2.05, 4.69) is 5.32 Å². The summed E-state index contributed by atoms with van der Waals surface area (Å²) in [5, 5.41) is 12.7. The largest absolute Gasteiger partial charge is 0.497 e. The smallest absolute Gasteiger partial charge is 0.322 e. The van der Waals surface area contributed by atoms with Crippen molar-refractivity contribution in [2.45, 2.75) is 56.9 Å². The third-order valence-corrected chi connectivity index (χ3v) is 7.58. The van der Waals surface area contributed by atoms with Crippen LogP contribution in [-0.4, -0.2) is 55.9 Å². The molecular formula is C26H37N3O6S. The zero-order valence-electron chi connectivity index (χ0n) is 21.1. The van der Waals surface area contributed by atoms with Crippen molar-refractivity contribution in [3.63, 3.8) is 0 Å². The number of ether oxygens (including phenoxy) is 1. The van der Waals surface area contributed by atoms with Crippen LogP contribution < -0.4 is 15.8 Å². The molecular weight excluding hydrogens is 482 g/mol. The molecule has 0 bridgehead atoms. The monoisotopic (exact) mass is 519 g/mol. The Kier molecular flexibility index (Phi) is 11.2. The number of nitrogens with zero attached hydrogens (tertiary/aromatic N) is 1. The molecule has 0 unspecified atom stereocenters. The summed E-state index contributed by atoms with van der Waals surface area (Å²) in [6.45, 7) is 4.15. The summed E-state index contributed by atoms with van der Waals surface area (Å²) in [6, 6.07) is 12.1. The number of methoxy groups -OCH3 is 1. The maximum absolute atomic E-state index is 13.3.